The summed E-state index contributed by atoms with van der Waals surface area (Å²) in [5.41, 5.74) is 0.414. The largest absolute Gasteiger partial charge is 0.452 e. The predicted molar refractivity (Wildman–Crippen MR) is 102 cm³/mol. The summed E-state index contributed by atoms with van der Waals surface area (Å²) in [5.74, 6) is -0.279. The Morgan fingerprint density at radius 1 is 1.26 bits per heavy atom. The fourth-order valence-electron chi connectivity index (χ4n) is 3.11. The molecule has 3 rings (SSSR count). The Labute approximate surface area is 163 Å². The maximum absolute atomic E-state index is 12.4. The summed E-state index contributed by atoms with van der Waals surface area (Å²) in [6.07, 6.45) is 2.68. The van der Waals surface area contributed by atoms with E-state index in [0.29, 0.717) is 12.0 Å². The van der Waals surface area contributed by atoms with E-state index in [0.717, 1.165) is 30.1 Å². The quantitative estimate of drug-likeness (QED) is 0.533. The van der Waals surface area contributed by atoms with Crippen molar-refractivity contribution in [2.45, 2.75) is 36.3 Å². The third kappa shape index (κ3) is 5.95. The van der Waals surface area contributed by atoms with Gasteiger partial charge in [-0.05, 0) is 31.4 Å². The lowest BCUT2D eigenvalue weighted by Crippen LogP contribution is -2.38. The van der Waals surface area contributed by atoms with Crippen molar-refractivity contribution in [1.29, 1.82) is 0 Å². The number of carbonyl (C=O) groups is 2. The van der Waals surface area contributed by atoms with Crippen LogP contribution in [0.15, 0.2) is 29.2 Å². The first-order valence-corrected chi connectivity index (χ1v) is 11.7. The number of sulfone groups is 1. The molecule has 9 heteroatoms. The number of benzene rings is 1. The zero-order valence-electron chi connectivity index (χ0n) is 14.9. The van der Waals surface area contributed by atoms with Crippen LogP contribution in [-0.2, 0) is 24.1 Å². The summed E-state index contributed by atoms with van der Waals surface area (Å²) >= 11 is 1.54. The molecule has 7 nitrogen and oxygen atoms in total. The van der Waals surface area contributed by atoms with Crippen LogP contribution in [0.1, 0.15) is 29.6 Å². The summed E-state index contributed by atoms with van der Waals surface area (Å²) in [6.45, 7) is 0.354. The summed E-state index contributed by atoms with van der Waals surface area (Å²) in [4.78, 5) is 25.1. The van der Waals surface area contributed by atoms with Gasteiger partial charge in [0.25, 0.3) is 5.91 Å². The highest BCUT2D eigenvalue weighted by molar-refractivity contribution is 7.99. The van der Waals surface area contributed by atoms with Gasteiger partial charge in [-0.15, -0.1) is 11.8 Å². The highest BCUT2D eigenvalue weighted by Crippen LogP contribution is 2.27. The number of rotatable bonds is 7. The lowest BCUT2D eigenvalue weighted by atomic mass is 10.2. The van der Waals surface area contributed by atoms with Crippen molar-refractivity contribution in [2.24, 2.45) is 0 Å². The fraction of sp³-hybridized carbons (Fsp3) is 0.556. The second-order valence-corrected chi connectivity index (χ2v) is 9.98. The minimum atomic E-state index is -3.07. The number of carbonyl (C=O) groups excluding carboxylic acids is 2. The molecule has 0 bridgehead atoms. The van der Waals surface area contributed by atoms with Crippen molar-refractivity contribution in [2.75, 3.05) is 30.5 Å². The average Bonchev–Trinajstić information content (AvgIpc) is 3.27. The van der Waals surface area contributed by atoms with E-state index in [4.69, 9.17) is 9.47 Å². The molecule has 0 spiro atoms. The normalized spacial score (nSPS) is 23.9. The SMILES string of the molecule is O=C(COC(=O)c1ccccc1SC[C@H]1CCCO1)N[C@H]1CCS(=O)(=O)C1. The molecule has 148 valence electrons. The van der Waals surface area contributed by atoms with Gasteiger partial charge in [-0.2, -0.15) is 0 Å². The van der Waals surface area contributed by atoms with E-state index >= 15 is 0 Å². The number of hydrogen-bond acceptors (Lipinski definition) is 7. The van der Waals surface area contributed by atoms with Crippen molar-refractivity contribution < 1.29 is 27.5 Å². The third-order valence-electron chi connectivity index (χ3n) is 4.49. The van der Waals surface area contributed by atoms with Crippen molar-refractivity contribution in [3.05, 3.63) is 29.8 Å². The Morgan fingerprint density at radius 2 is 2.07 bits per heavy atom. The molecule has 1 N–H and O–H groups in total. The van der Waals surface area contributed by atoms with Crippen molar-refractivity contribution >= 4 is 33.5 Å². The van der Waals surface area contributed by atoms with E-state index in [-0.39, 0.29) is 17.6 Å². The number of amides is 1. The molecule has 2 heterocycles. The smallest absolute Gasteiger partial charge is 0.339 e. The predicted octanol–water partition coefficient (Wildman–Crippen LogP) is 1.42. The molecule has 0 aromatic heterocycles. The average molecular weight is 414 g/mol. The third-order valence-corrected chi connectivity index (χ3v) is 7.46. The van der Waals surface area contributed by atoms with E-state index in [1.54, 1.807) is 12.1 Å². The Kier molecular flexibility index (Phi) is 6.78. The maximum atomic E-state index is 12.4. The lowest BCUT2D eigenvalue weighted by molar-refractivity contribution is -0.124. The topological polar surface area (TPSA) is 98.8 Å². The highest BCUT2D eigenvalue weighted by atomic mass is 32.2. The summed E-state index contributed by atoms with van der Waals surface area (Å²) in [7, 11) is -3.07. The van der Waals surface area contributed by atoms with Crippen molar-refractivity contribution in [3.63, 3.8) is 0 Å². The molecule has 2 fully saturated rings. The van der Waals surface area contributed by atoms with Crippen LogP contribution < -0.4 is 5.32 Å². The van der Waals surface area contributed by atoms with Gasteiger partial charge in [-0.3, -0.25) is 4.79 Å². The molecule has 1 aromatic carbocycles. The minimum Gasteiger partial charge on any atom is -0.452 e. The molecular formula is C18H23NO6S2. The molecule has 2 aliphatic rings. The first-order valence-electron chi connectivity index (χ1n) is 8.93. The second-order valence-electron chi connectivity index (χ2n) is 6.69. The van der Waals surface area contributed by atoms with Gasteiger partial charge in [0.15, 0.2) is 16.4 Å². The molecule has 0 radical (unpaired) electrons. The van der Waals surface area contributed by atoms with E-state index < -0.39 is 34.4 Å². The minimum absolute atomic E-state index is 0.0601. The van der Waals surface area contributed by atoms with Gasteiger partial charge in [0, 0.05) is 23.3 Å². The molecule has 2 atom stereocenters. The van der Waals surface area contributed by atoms with Crippen LogP contribution in [0.5, 0.6) is 0 Å². The van der Waals surface area contributed by atoms with Crippen molar-refractivity contribution in [1.82, 2.24) is 5.32 Å². The van der Waals surface area contributed by atoms with Crippen molar-refractivity contribution in [3.8, 4) is 0 Å². The van der Waals surface area contributed by atoms with Crippen LogP contribution in [0.3, 0.4) is 0 Å². The van der Waals surface area contributed by atoms with E-state index in [9.17, 15) is 18.0 Å². The first kappa shape index (κ1) is 20.2. The van der Waals surface area contributed by atoms with Crippen LogP contribution in [-0.4, -0.2) is 62.9 Å². The number of thioether (sulfide) groups is 1. The van der Waals surface area contributed by atoms with E-state index in [1.165, 1.54) is 11.8 Å². The van der Waals surface area contributed by atoms with Gasteiger partial charge in [0.05, 0.1) is 23.2 Å². The van der Waals surface area contributed by atoms with Gasteiger partial charge in [0.2, 0.25) is 0 Å². The Bertz CT molecular complexity index is 789. The summed E-state index contributed by atoms with van der Waals surface area (Å²) in [6, 6.07) is 6.70. The van der Waals surface area contributed by atoms with E-state index in [2.05, 4.69) is 5.32 Å². The van der Waals surface area contributed by atoms with Crippen LogP contribution in [0.4, 0.5) is 0 Å². The van der Waals surface area contributed by atoms with Gasteiger partial charge < -0.3 is 14.8 Å². The lowest BCUT2D eigenvalue weighted by Gasteiger charge is -2.13. The number of ether oxygens (including phenoxy) is 2. The standard InChI is InChI=1S/C18H23NO6S2/c20-17(19-13-7-9-27(22,23)12-13)10-25-18(21)15-5-1-2-6-16(15)26-11-14-4-3-8-24-14/h1-2,5-6,13-14H,3-4,7-12H2,(H,19,20)/t13-,14+/m0/s1. The fourth-order valence-corrected chi connectivity index (χ4v) is 5.89. The van der Waals surface area contributed by atoms with Crippen LogP contribution in [0.25, 0.3) is 0 Å². The Balaban J connectivity index is 1.49. The zero-order chi connectivity index (χ0) is 19.3. The molecule has 27 heavy (non-hydrogen) atoms. The molecule has 0 unspecified atom stereocenters. The summed E-state index contributed by atoms with van der Waals surface area (Å²) in [5, 5.41) is 2.60. The zero-order valence-corrected chi connectivity index (χ0v) is 16.5. The molecule has 0 saturated carbocycles. The number of esters is 1. The highest BCUT2D eigenvalue weighted by Gasteiger charge is 2.29. The Morgan fingerprint density at radius 3 is 2.78 bits per heavy atom. The molecular weight excluding hydrogens is 390 g/mol. The van der Waals surface area contributed by atoms with Gasteiger partial charge >= 0.3 is 5.97 Å². The molecule has 0 aliphatic carbocycles. The Hall–Kier alpha value is -1.58. The number of hydrogen-bond donors (Lipinski definition) is 1. The molecule has 2 aliphatic heterocycles. The number of nitrogens with one attached hydrogen (secondary N) is 1. The maximum Gasteiger partial charge on any atom is 0.339 e. The van der Waals surface area contributed by atoms with Gasteiger partial charge in [-0.25, -0.2) is 13.2 Å². The first-order chi connectivity index (χ1) is 12.9. The molecule has 2 saturated heterocycles. The van der Waals surface area contributed by atoms with E-state index in [1.807, 2.05) is 12.1 Å². The molecule has 1 amide bonds. The monoisotopic (exact) mass is 413 g/mol. The summed E-state index contributed by atoms with van der Waals surface area (Å²) < 4.78 is 33.6. The van der Waals surface area contributed by atoms with Crippen LogP contribution >= 0.6 is 11.8 Å². The molecule has 1 aromatic rings. The second kappa shape index (κ2) is 9.07. The van der Waals surface area contributed by atoms with Gasteiger partial charge in [0.1, 0.15) is 0 Å². The van der Waals surface area contributed by atoms with Crippen LogP contribution in [0, 0.1) is 0 Å². The van der Waals surface area contributed by atoms with Crippen LogP contribution in [0.2, 0.25) is 0 Å². The van der Waals surface area contributed by atoms with Gasteiger partial charge in [-0.1, -0.05) is 12.1 Å².